The molecular weight excluding hydrogens is 334 g/mol. The minimum atomic E-state index is -0.927. The molecule has 0 spiro atoms. The van der Waals surface area contributed by atoms with Crippen molar-refractivity contribution < 1.29 is 13.7 Å². The molecule has 4 nitrogen and oxygen atoms in total. The summed E-state index contributed by atoms with van der Waals surface area (Å²) in [5.74, 6) is 1.12. The van der Waals surface area contributed by atoms with E-state index in [-0.39, 0.29) is 5.91 Å². The van der Waals surface area contributed by atoms with E-state index >= 15 is 0 Å². The summed E-state index contributed by atoms with van der Waals surface area (Å²) in [6.45, 7) is 0. The molecule has 0 radical (unpaired) electrons. The number of amides is 1. The fraction of sp³-hybridized carbons (Fsp3) is 0.350. The maximum atomic E-state index is 12.4. The van der Waals surface area contributed by atoms with Crippen LogP contribution in [0.2, 0.25) is 0 Å². The lowest BCUT2D eigenvalue weighted by Crippen LogP contribution is -2.13. The van der Waals surface area contributed by atoms with Crippen molar-refractivity contribution in [1.82, 2.24) is 0 Å². The van der Waals surface area contributed by atoms with Gasteiger partial charge in [0.1, 0.15) is 5.75 Å². The lowest BCUT2D eigenvalue weighted by Gasteiger charge is -2.13. The molecule has 1 atom stereocenters. The summed E-state index contributed by atoms with van der Waals surface area (Å²) in [6, 6.07) is 14.7. The fourth-order valence-corrected chi connectivity index (χ4v) is 3.70. The molecule has 1 N–H and O–H groups in total. The highest BCUT2D eigenvalue weighted by molar-refractivity contribution is 7.83. The molecule has 1 fully saturated rings. The first-order valence-corrected chi connectivity index (χ1v) is 10.3. The van der Waals surface area contributed by atoms with Gasteiger partial charge in [0.05, 0.1) is 6.10 Å². The predicted octanol–water partition coefficient (Wildman–Crippen LogP) is 4.14. The van der Waals surface area contributed by atoms with Gasteiger partial charge in [0.15, 0.2) is 0 Å². The van der Waals surface area contributed by atoms with Crippen molar-refractivity contribution in [3.8, 4) is 5.75 Å². The van der Waals surface area contributed by atoms with E-state index in [0.29, 0.717) is 17.4 Å². The fourth-order valence-electron chi connectivity index (χ4n) is 3.06. The van der Waals surface area contributed by atoms with Crippen LogP contribution in [0.1, 0.15) is 41.6 Å². The molecule has 0 saturated heterocycles. The molecule has 1 unspecified atom stereocenters. The third kappa shape index (κ3) is 5.16. The van der Waals surface area contributed by atoms with Crippen LogP contribution >= 0.6 is 0 Å². The van der Waals surface area contributed by atoms with Gasteiger partial charge in [0.25, 0.3) is 5.91 Å². The van der Waals surface area contributed by atoms with Crippen LogP contribution in [-0.4, -0.2) is 22.5 Å². The van der Waals surface area contributed by atoms with Gasteiger partial charge in [-0.1, -0.05) is 12.1 Å². The lowest BCUT2D eigenvalue weighted by molar-refractivity contribution is 0.102. The number of carbonyl (C=O) groups excluding carboxylic acids is 1. The molecule has 1 aliphatic carbocycles. The van der Waals surface area contributed by atoms with E-state index in [1.807, 2.05) is 36.4 Å². The van der Waals surface area contributed by atoms with Gasteiger partial charge in [-0.15, -0.1) is 0 Å². The summed E-state index contributed by atoms with van der Waals surface area (Å²) in [5, 5.41) is 2.89. The van der Waals surface area contributed by atoms with Crippen molar-refractivity contribution in [2.24, 2.45) is 0 Å². The molecule has 0 aliphatic heterocycles. The first kappa shape index (κ1) is 17.7. The molecule has 1 saturated carbocycles. The lowest BCUT2D eigenvalue weighted by atomic mass is 10.1. The van der Waals surface area contributed by atoms with Crippen LogP contribution in [-0.2, 0) is 16.6 Å². The number of benzene rings is 2. The van der Waals surface area contributed by atoms with E-state index in [4.69, 9.17) is 4.74 Å². The first-order valence-electron chi connectivity index (χ1n) is 8.57. The van der Waals surface area contributed by atoms with Crippen molar-refractivity contribution in [3.05, 3.63) is 59.7 Å². The van der Waals surface area contributed by atoms with Crippen molar-refractivity contribution >= 4 is 22.4 Å². The highest BCUT2D eigenvalue weighted by Crippen LogP contribution is 2.25. The Morgan fingerprint density at radius 1 is 1.16 bits per heavy atom. The Balaban J connectivity index is 1.61. The Morgan fingerprint density at radius 3 is 2.56 bits per heavy atom. The van der Waals surface area contributed by atoms with Gasteiger partial charge in [-0.2, -0.15) is 0 Å². The van der Waals surface area contributed by atoms with Crippen molar-refractivity contribution in [2.45, 2.75) is 37.5 Å². The van der Waals surface area contributed by atoms with E-state index in [0.717, 1.165) is 29.8 Å². The van der Waals surface area contributed by atoms with Crippen molar-refractivity contribution in [2.75, 3.05) is 11.6 Å². The van der Waals surface area contributed by atoms with Crippen molar-refractivity contribution in [3.63, 3.8) is 0 Å². The molecular formula is C20H23NO3S. The van der Waals surface area contributed by atoms with E-state index in [9.17, 15) is 9.00 Å². The van der Waals surface area contributed by atoms with E-state index in [2.05, 4.69) is 5.32 Å². The standard InChI is InChI=1S/C20H23NO3S/c1-25(23)14-15-5-4-6-16(13-15)20(22)21-17-9-11-19(12-10-17)24-18-7-2-3-8-18/h4-6,9-13,18H,2-3,7-8,14H2,1H3,(H,21,22). The van der Waals surface area contributed by atoms with Crippen LogP contribution in [0.25, 0.3) is 0 Å². The molecule has 1 aliphatic rings. The van der Waals surface area contributed by atoms with Crippen LogP contribution in [0, 0.1) is 0 Å². The van der Waals surface area contributed by atoms with Crippen molar-refractivity contribution in [1.29, 1.82) is 0 Å². The third-order valence-corrected chi connectivity index (χ3v) is 5.02. The molecule has 5 heteroatoms. The summed E-state index contributed by atoms with van der Waals surface area (Å²) in [5.41, 5.74) is 2.19. The number of hydrogen-bond donors (Lipinski definition) is 1. The number of ether oxygens (including phenoxy) is 1. The average Bonchev–Trinajstić information content (AvgIpc) is 3.09. The third-order valence-electron chi connectivity index (χ3n) is 4.28. The summed E-state index contributed by atoms with van der Waals surface area (Å²) < 4.78 is 17.3. The minimum absolute atomic E-state index is 0.173. The molecule has 0 aromatic heterocycles. The van der Waals surface area contributed by atoms with Crippen LogP contribution in [0.5, 0.6) is 5.75 Å². The molecule has 2 aromatic carbocycles. The Kier molecular flexibility index (Phi) is 5.87. The van der Waals surface area contributed by atoms with Gasteiger partial charge in [-0.05, 0) is 67.6 Å². The normalized spacial score (nSPS) is 15.7. The van der Waals surface area contributed by atoms with E-state index in [1.165, 1.54) is 12.8 Å². The highest BCUT2D eigenvalue weighted by atomic mass is 32.2. The predicted molar refractivity (Wildman–Crippen MR) is 101 cm³/mol. The van der Waals surface area contributed by atoms with Crippen LogP contribution in [0.3, 0.4) is 0 Å². The molecule has 3 rings (SSSR count). The zero-order valence-corrected chi connectivity index (χ0v) is 15.2. The second kappa shape index (κ2) is 8.30. The summed E-state index contributed by atoms with van der Waals surface area (Å²) >= 11 is 0. The Bertz CT molecular complexity index is 752. The summed E-state index contributed by atoms with van der Waals surface area (Å²) in [6.07, 6.45) is 6.70. The van der Waals surface area contributed by atoms with Gasteiger partial charge >= 0.3 is 0 Å². The minimum Gasteiger partial charge on any atom is -0.490 e. The number of hydrogen-bond acceptors (Lipinski definition) is 3. The SMILES string of the molecule is CS(=O)Cc1cccc(C(=O)Nc2ccc(OC3CCCC3)cc2)c1. The van der Waals surface area contributed by atoms with Gasteiger partial charge in [0, 0.05) is 34.1 Å². The Morgan fingerprint density at radius 2 is 1.88 bits per heavy atom. The Labute approximate surface area is 151 Å². The molecule has 132 valence electrons. The number of rotatable bonds is 6. The summed E-state index contributed by atoms with van der Waals surface area (Å²) in [4.78, 5) is 12.4. The zero-order valence-electron chi connectivity index (χ0n) is 14.4. The number of anilines is 1. The molecule has 0 bridgehead atoms. The van der Waals surface area contributed by atoms with Gasteiger partial charge in [-0.25, -0.2) is 0 Å². The number of nitrogens with one attached hydrogen (secondary N) is 1. The molecule has 1 amide bonds. The second-order valence-electron chi connectivity index (χ2n) is 6.42. The van der Waals surface area contributed by atoms with Gasteiger partial charge in [-0.3, -0.25) is 9.00 Å². The van der Waals surface area contributed by atoms with Crippen LogP contribution < -0.4 is 10.1 Å². The average molecular weight is 357 g/mol. The topological polar surface area (TPSA) is 55.4 Å². The zero-order chi connectivity index (χ0) is 17.6. The first-order chi connectivity index (χ1) is 12.1. The summed E-state index contributed by atoms with van der Waals surface area (Å²) in [7, 11) is -0.927. The maximum Gasteiger partial charge on any atom is 0.255 e. The highest BCUT2D eigenvalue weighted by Gasteiger charge is 2.16. The quantitative estimate of drug-likeness (QED) is 0.845. The molecule has 25 heavy (non-hydrogen) atoms. The van der Waals surface area contributed by atoms with E-state index < -0.39 is 10.8 Å². The maximum absolute atomic E-state index is 12.4. The largest absolute Gasteiger partial charge is 0.490 e. The van der Waals surface area contributed by atoms with E-state index in [1.54, 1.807) is 18.4 Å². The Hall–Kier alpha value is -2.14. The van der Waals surface area contributed by atoms with Crippen LogP contribution in [0.15, 0.2) is 48.5 Å². The van der Waals surface area contributed by atoms with Gasteiger partial charge < -0.3 is 10.1 Å². The number of carbonyl (C=O) groups is 1. The molecule has 2 aromatic rings. The monoisotopic (exact) mass is 357 g/mol. The van der Waals surface area contributed by atoms with Crippen LogP contribution in [0.4, 0.5) is 5.69 Å². The van der Waals surface area contributed by atoms with Gasteiger partial charge in [0.2, 0.25) is 0 Å². The smallest absolute Gasteiger partial charge is 0.255 e. The molecule has 0 heterocycles. The second-order valence-corrected chi connectivity index (χ2v) is 7.86.